The summed E-state index contributed by atoms with van der Waals surface area (Å²) in [6.45, 7) is 0. The van der Waals surface area contributed by atoms with E-state index < -0.39 is 66.2 Å². The number of aromatic hydroxyl groups is 2. The van der Waals surface area contributed by atoms with E-state index in [1.54, 1.807) is 0 Å². The van der Waals surface area contributed by atoms with E-state index in [0.29, 0.717) is 0 Å². The van der Waals surface area contributed by atoms with E-state index in [4.69, 9.17) is 79.1 Å². The molecule has 2 aliphatic heterocycles. The second kappa shape index (κ2) is 7.62. The molecular weight excluding hydrogens is 577 g/mol. The Balaban J connectivity index is 2.11. The molecule has 2 heterocycles. The summed E-state index contributed by atoms with van der Waals surface area (Å²) in [6, 6.07) is 4.36. The summed E-state index contributed by atoms with van der Waals surface area (Å²) in [4.78, 5) is 25.1. The zero-order chi connectivity index (χ0) is 24.9. The fourth-order valence-corrected chi connectivity index (χ4v) is 5.76. The van der Waals surface area contributed by atoms with Gasteiger partial charge in [0.1, 0.15) is 20.6 Å². The number of fused-ring (bicyclic) bond motifs is 6. The van der Waals surface area contributed by atoms with Crippen LogP contribution in [0, 0.1) is 0 Å². The zero-order valence-electron chi connectivity index (χ0n) is 16.0. The van der Waals surface area contributed by atoms with Gasteiger partial charge in [-0.05, 0) is 12.1 Å². The first-order valence-electron chi connectivity index (χ1n) is 9.02. The predicted octanol–water partition coefficient (Wildman–Crippen LogP) is 7.28. The highest BCUT2D eigenvalue weighted by Gasteiger charge is 2.59. The number of phenolic OH excluding ortho intramolecular Hbond substituents is 1. The van der Waals surface area contributed by atoms with E-state index in [1.807, 2.05) is 0 Å². The molecule has 1 unspecified atom stereocenters. The molecule has 0 fully saturated rings. The van der Waals surface area contributed by atoms with Gasteiger partial charge in [-0.3, -0.25) is 0 Å². The first kappa shape index (κ1) is 23.5. The number of hydrogen-bond acceptors (Lipinski definition) is 6. The second-order valence-electron chi connectivity index (χ2n) is 7.19. The van der Waals surface area contributed by atoms with E-state index in [2.05, 4.69) is 0 Å². The van der Waals surface area contributed by atoms with Crippen LogP contribution in [0.15, 0.2) is 18.2 Å². The van der Waals surface area contributed by atoms with Gasteiger partial charge in [0, 0.05) is 10.6 Å². The third kappa shape index (κ3) is 2.74. The number of carboxylic acid groups (broad SMARTS) is 1. The van der Waals surface area contributed by atoms with Gasteiger partial charge in [0.05, 0.1) is 26.7 Å². The maximum Gasteiger partial charge on any atom is 0.343 e. The number of hydrogen-bond donors (Lipinski definition) is 3. The molecule has 1 atom stereocenters. The summed E-state index contributed by atoms with van der Waals surface area (Å²) < 4.78 is 11.6. The summed E-state index contributed by atoms with van der Waals surface area (Å²) in [5.74, 6) is -5.09. The van der Waals surface area contributed by atoms with Crippen LogP contribution in [0.3, 0.4) is 0 Å². The van der Waals surface area contributed by atoms with Gasteiger partial charge in [-0.1, -0.05) is 75.7 Å². The second-order valence-corrected chi connectivity index (χ2v) is 9.49. The summed E-state index contributed by atoms with van der Waals surface area (Å²) in [7, 11) is 0. The highest BCUT2D eigenvalue weighted by molar-refractivity contribution is 6.47. The van der Waals surface area contributed by atoms with Crippen molar-refractivity contribution in [3.05, 3.63) is 76.2 Å². The standard InChI is InChI=1S/C21H6Cl6O7/c22-5-3-1-2-4-7(5)21(34-20(4)32)8-10(23)12(25)15(28)6(19(30)31)17(8)33-18-9(21)11(24)13(26)16(29)14(18)27/h1-3,28-29H,(H,30,31). The molecule has 3 aromatic carbocycles. The van der Waals surface area contributed by atoms with Crippen molar-refractivity contribution >= 4 is 81.5 Å². The van der Waals surface area contributed by atoms with Crippen molar-refractivity contribution in [2.75, 3.05) is 0 Å². The van der Waals surface area contributed by atoms with Gasteiger partial charge in [0.25, 0.3) is 0 Å². The number of benzene rings is 3. The van der Waals surface area contributed by atoms with Crippen LogP contribution in [0.2, 0.25) is 30.1 Å². The van der Waals surface area contributed by atoms with Crippen molar-refractivity contribution in [2.24, 2.45) is 0 Å². The van der Waals surface area contributed by atoms with Crippen LogP contribution in [0.25, 0.3) is 0 Å². The summed E-state index contributed by atoms with van der Waals surface area (Å²) >= 11 is 38.2. The van der Waals surface area contributed by atoms with Gasteiger partial charge in [0.2, 0.25) is 5.60 Å². The van der Waals surface area contributed by atoms with Crippen molar-refractivity contribution in [1.82, 2.24) is 0 Å². The molecule has 34 heavy (non-hydrogen) atoms. The van der Waals surface area contributed by atoms with Crippen LogP contribution in [0.5, 0.6) is 23.0 Å². The van der Waals surface area contributed by atoms with Crippen molar-refractivity contribution in [3.63, 3.8) is 0 Å². The zero-order valence-corrected chi connectivity index (χ0v) is 20.5. The maximum atomic E-state index is 13.0. The Bertz CT molecular complexity index is 1500. The maximum absolute atomic E-state index is 13.0. The molecule has 3 aromatic rings. The molecule has 0 saturated heterocycles. The lowest BCUT2D eigenvalue weighted by molar-refractivity contribution is 0.0225. The van der Waals surface area contributed by atoms with Crippen LogP contribution in [-0.2, 0) is 10.3 Å². The molecule has 0 saturated carbocycles. The van der Waals surface area contributed by atoms with E-state index in [1.165, 1.54) is 18.2 Å². The Morgan fingerprint density at radius 1 is 0.794 bits per heavy atom. The molecule has 0 aromatic heterocycles. The quantitative estimate of drug-likeness (QED) is 0.204. The van der Waals surface area contributed by atoms with Crippen LogP contribution >= 0.6 is 69.6 Å². The first-order valence-corrected chi connectivity index (χ1v) is 11.3. The normalized spacial score (nSPS) is 17.6. The third-order valence-corrected chi connectivity index (χ3v) is 7.87. The number of carboxylic acids is 1. The number of carbonyl (C=O) groups excluding carboxylic acids is 1. The molecular formula is C21H6Cl6O7. The number of aromatic carboxylic acids is 1. The van der Waals surface area contributed by atoms with Crippen molar-refractivity contribution in [3.8, 4) is 23.0 Å². The molecule has 0 bridgehead atoms. The number of halogens is 6. The molecule has 1 spiro atoms. The minimum atomic E-state index is -2.16. The summed E-state index contributed by atoms with van der Waals surface area (Å²) in [6.07, 6.45) is 0. The Morgan fingerprint density at radius 3 is 2.00 bits per heavy atom. The molecule has 5 rings (SSSR count). The topological polar surface area (TPSA) is 113 Å². The SMILES string of the molecule is O=C1OC2(c3c(Cl)cccc31)c1c(Cl)c(Cl)c(O)c(Cl)c1Oc1c(C(=O)O)c(O)c(Cl)c(Cl)c12. The van der Waals surface area contributed by atoms with Crippen LogP contribution in [0.4, 0.5) is 0 Å². The number of carbonyl (C=O) groups is 2. The minimum Gasteiger partial charge on any atom is -0.505 e. The molecule has 7 nitrogen and oxygen atoms in total. The van der Waals surface area contributed by atoms with Gasteiger partial charge < -0.3 is 24.8 Å². The van der Waals surface area contributed by atoms with Crippen molar-refractivity contribution in [1.29, 1.82) is 0 Å². The van der Waals surface area contributed by atoms with E-state index in [0.717, 1.165) is 0 Å². The van der Waals surface area contributed by atoms with Crippen LogP contribution < -0.4 is 4.74 Å². The highest BCUT2D eigenvalue weighted by Crippen LogP contribution is 2.66. The van der Waals surface area contributed by atoms with Crippen molar-refractivity contribution in [2.45, 2.75) is 5.60 Å². The molecule has 0 radical (unpaired) electrons. The van der Waals surface area contributed by atoms with Gasteiger partial charge in [-0.2, -0.15) is 0 Å². The summed E-state index contributed by atoms with van der Waals surface area (Å²) in [5.41, 5.74) is -3.43. The first-order chi connectivity index (χ1) is 15.9. The largest absolute Gasteiger partial charge is 0.505 e. The van der Waals surface area contributed by atoms with Gasteiger partial charge in [0.15, 0.2) is 23.0 Å². The average molecular weight is 583 g/mol. The van der Waals surface area contributed by atoms with E-state index in [-0.39, 0.29) is 32.3 Å². The van der Waals surface area contributed by atoms with Gasteiger partial charge >= 0.3 is 11.9 Å². The van der Waals surface area contributed by atoms with Crippen LogP contribution in [0.1, 0.15) is 37.4 Å². The lowest BCUT2D eigenvalue weighted by atomic mass is 9.76. The molecule has 2 aliphatic rings. The Kier molecular flexibility index (Phi) is 5.26. The predicted molar refractivity (Wildman–Crippen MR) is 125 cm³/mol. The third-order valence-electron chi connectivity index (χ3n) is 5.52. The highest BCUT2D eigenvalue weighted by atomic mass is 35.5. The fraction of sp³-hybridized carbons (Fsp3) is 0.0476. The molecule has 3 N–H and O–H groups in total. The lowest BCUT2D eigenvalue weighted by Gasteiger charge is -2.39. The van der Waals surface area contributed by atoms with Gasteiger partial charge in [-0.25, -0.2) is 9.59 Å². The Morgan fingerprint density at radius 2 is 1.38 bits per heavy atom. The Labute approximate surface area is 219 Å². The smallest absolute Gasteiger partial charge is 0.343 e. The monoisotopic (exact) mass is 580 g/mol. The minimum absolute atomic E-state index is 0.000161. The lowest BCUT2D eigenvalue weighted by Crippen LogP contribution is -2.35. The Hall–Kier alpha value is -2.26. The summed E-state index contributed by atoms with van der Waals surface area (Å²) in [5, 5.41) is 28.5. The molecule has 0 aliphatic carbocycles. The number of ether oxygens (including phenoxy) is 2. The average Bonchev–Trinajstić information content (AvgIpc) is 3.07. The molecule has 13 heteroatoms. The molecule has 174 valence electrons. The van der Waals surface area contributed by atoms with E-state index >= 15 is 0 Å². The van der Waals surface area contributed by atoms with E-state index in [9.17, 15) is 24.9 Å². The van der Waals surface area contributed by atoms with Crippen molar-refractivity contribution < 1.29 is 34.4 Å². The van der Waals surface area contributed by atoms with Crippen LogP contribution in [-0.4, -0.2) is 27.3 Å². The fourth-order valence-electron chi connectivity index (χ4n) is 4.18. The number of esters is 1. The van der Waals surface area contributed by atoms with Gasteiger partial charge in [-0.15, -0.1) is 0 Å². The number of phenols is 2. The number of rotatable bonds is 1. The molecule has 0 amide bonds.